The van der Waals surface area contributed by atoms with Gasteiger partial charge in [0.25, 0.3) is 0 Å². The molecule has 164 valence electrons. The molecule has 7 nitrogen and oxygen atoms in total. The van der Waals surface area contributed by atoms with Crippen LogP contribution in [-0.2, 0) is 12.6 Å². The Balaban J connectivity index is 1.64. The molecule has 1 saturated heterocycles. The molecule has 2 aliphatic heterocycles. The number of aromatic nitrogens is 4. The van der Waals surface area contributed by atoms with Crippen LogP contribution in [0.4, 0.5) is 10.2 Å². The van der Waals surface area contributed by atoms with E-state index in [9.17, 15) is 4.79 Å². The molecule has 0 atom stereocenters. The van der Waals surface area contributed by atoms with E-state index in [-0.39, 0.29) is 12.3 Å². The minimum atomic E-state index is -0.616. The first-order chi connectivity index (χ1) is 15.4. The summed E-state index contributed by atoms with van der Waals surface area (Å²) in [6, 6.07) is 5.26. The molecular weight excluding hydrogens is 409 g/mol. The van der Waals surface area contributed by atoms with Crippen LogP contribution in [0.15, 0.2) is 35.4 Å². The van der Waals surface area contributed by atoms with Crippen molar-refractivity contribution >= 4 is 27.8 Å². The summed E-state index contributed by atoms with van der Waals surface area (Å²) in [4.78, 5) is 24.4. The van der Waals surface area contributed by atoms with Crippen molar-refractivity contribution in [2.45, 2.75) is 32.2 Å². The first kappa shape index (κ1) is 19.3. The summed E-state index contributed by atoms with van der Waals surface area (Å²) >= 11 is 0. The van der Waals surface area contributed by atoms with Crippen molar-refractivity contribution in [3.63, 3.8) is 0 Å². The van der Waals surface area contributed by atoms with Crippen molar-refractivity contribution < 1.29 is 9.13 Å². The van der Waals surface area contributed by atoms with Gasteiger partial charge >= 0.3 is 5.69 Å². The largest absolute Gasteiger partial charge is 0.490 e. The van der Waals surface area contributed by atoms with E-state index in [0.717, 1.165) is 37.3 Å². The molecule has 8 heteroatoms. The number of nitrogens with zero attached hydrogens (tertiary/aromatic N) is 5. The Kier molecular flexibility index (Phi) is 3.94. The molecule has 5 heterocycles. The third kappa shape index (κ3) is 2.55. The number of hydrogen-bond donors (Lipinski definition) is 0. The molecule has 0 N–H and O–H groups in total. The zero-order valence-electron chi connectivity index (χ0n) is 18.4. The number of anilines is 1. The van der Waals surface area contributed by atoms with Gasteiger partial charge in [-0.05, 0) is 38.8 Å². The average Bonchev–Trinajstić information content (AvgIpc) is 3.36. The number of imidazole rings is 1. The Morgan fingerprint density at radius 2 is 1.91 bits per heavy atom. The number of benzene rings is 1. The molecule has 0 unspecified atom stereocenters. The van der Waals surface area contributed by atoms with Gasteiger partial charge in [-0.1, -0.05) is 0 Å². The maximum absolute atomic E-state index is 15.5. The molecule has 3 aromatic heterocycles. The second kappa shape index (κ2) is 6.54. The highest BCUT2D eigenvalue weighted by Gasteiger charge is 2.34. The molecular formula is C24H24FN5O2. The Labute approximate surface area is 184 Å². The first-order valence-corrected chi connectivity index (χ1v) is 10.9. The smallest absolute Gasteiger partial charge is 0.329 e. The van der Waals surface area contributed by atoms with Crippen molar-refractivity contribution in [1.82, 2.24) is 19.1 Å². The second-order valence-electron chi connectivity index (χ2n) is 9.33. The predicted molar refractivity (Wildman–Crippen MR) is 122 cm³/mol. The van der Waals surface area contributed by atoms with Crippen molar-refractivity contribution in [2.24, 2.45) is 7.05 Å². The molecule has 32 heavy (non-hydrogen) atoms. The molecule has 2 aliphatic rings. The van der Waals surface area contributed by atoms with Gasteiger partial charge in [0.15, 0.2) is 0 Å². The molecule has 1 aromatic carbocycles. The molecule has 1 fully saturated rings. The highest BCUT2D eigenvalue weighted by molar-refractivity contribution is 6.09. The van der Waals surface area contributed by atoms with Crippen molar-refractivity contribution in [2.75, 3.05) is 24.6 Å². The average molecular weight is 433 g/mol. The summed E-state index contributed by atoms with van der Waals surface area (Å²) in [7, 11) is 1.73. The third-order valence-electron chi connectivity index (χ3n) is 6.72. The van der Waals surface area contributed by atoms with Gasteiger partial charge in [-0.2, -0.15) is 0 Å². The van der Waals surface area contributed by atoms with Crippen LogP contribution in [0.25, 0.3) is 33.1 Å². The second-order valence-corrected chi connectivity index (χ2v) is 9.33. The SMILES string of the molecule is Cn1c(=O)n2c3c4c(c(-c5ccc(N6CCCC6)nc5)c(F)cc4ncc31)OCC2(C)C. The van der Waals surface area contributed by atoms with Crippen LogP contribution >= 0.6 is 0 Å². The zero-order chi connectivity index (χ0) is 22.2. The van der Waals surface area contributed by atoms with Gasteiger partial charge in [0.2, 0.25) is 0 Å². The minimum absolute atomic E-state index is 0.141. The lowest BCUT2D eigenvalue weighted by Gasteiger charge is -2.24. The fourth-order valence-corrected chi connectivity index (χ4v) is 5.04. The molecule has 0 bridgehead atoms. The number of rotatable bonds is 2. The first-order valence-electron chi connectivity index (χ1n) is 10.9. The monoisotopic (exact) mass is 433 g/mol. The number of ether oxygens (including phenoxy) is 1. The Morgan fingerprint density at radius 3 is 2.62 bits per heavy atom. The van der Waals surface area contributed by atoms with Crippen molar-refractivity contribution in [1.29, 1.82) is 0 Å². The highest BCUT2D eigenvalue weighted by atomic mass is 19.1. The lowest BCUT2D eigenvalue weighted by Crippen LogP contribution is -2.40. The van der Waals surface area contributed by atoms with Crippen molar-refractivity contribution in [3.05, 3.63) is 46.9 Å². The highest BCUT2D eigenvalue weighted by Crippen LogP contribution is 2.44. The molecule has 0 spiro atoms. The molecule has 6 rings (SSSR count). The van der Waals surface area contributed by atoms with Crippen LogP contribution in [0.2, 0.25) is 0 Å². The summed E-state index contributed by atoms with van der Waals surface area (Å²) in [5.74, 6) is 0.902. The summed E-state index contributed by atoms with van der Waals surface area (Å²) < 4.78 is 25.0. The van der Waals surface area contributed by atoms with E-state index >= 15 is 4.39 Å². The third-order valence-corrected chi connectivity index (χ3v) is 6.72. The summed E-state index contributed by atoms with van der Waals surface area (Å²) in [6.45, 7) is 6.12. The van der Waals surface area contributed by atoms with E-state index in [0.29, 0.717) is 33.3 Å². The standard InChI is InChI=1S/C24H24FN5O2/c1-24(2)13-32-22-19(14-6-7-18(27-11-14)29-8-4-5-9-29)15(25)10-16-20(22)21-17(12-26-16)28(3)23(31)30(21)24/h6-7,10-12H,4-5,8-9,13H2,1-3H3. The minimum Gasteiger partial charge on any atom is -0.490 e. The van der Waals surface area contributed by atoms with Crippen LogP contribution in [0.5, 0.6) is 5.75 Å². The van der Waals surface area contributed by atoms with E-state index in [1.54, 1.807) is 28.6 Å². The van der Waals surface area contributed by atoms with Crippen LogP contribution in [0.3, 0.4) is 0 Å². The number of pyridine rings is 2. The van der Waals surface area contributed by atoms with E-state index in [4.69, 9.17) is 4.74 Å². The molecule has 4 aromatic rings. The normalized spacial score (nSPS) is 17.3. The topological polar surface area (TPSA) is 65.2 Å². The Hall–Kier alpha value is -3.42. The van der Waals surface area contributed by atoms with Gasteiger partial charge < -0.3 is 9.64 Å². The van der Waals surface area contributed by atoms with Crippen LogP contribution < -0.4 is 15.3 Å². The van der Waals surface area contributed by atoms with Crippen LogP contribution in [0.1, 0.15) is 26.7 Å². The van der Waals surface area contributed by atoms with Crippen molar-refractivity contribution in [3.8, 4) is 16.9 Å². The van der Waals surface area contributed by atoms with Gasteiger partial charge in [-0.3, -0.25) is 14.1 Å². The van der Waals surface area contributed by atoms with E-state index in [1.165, 1.54) is 6.07 Å². The number of aryl methyl sites for hydroxylation is 1. The van der Waals surface area contributed by atoms with Gasteiger partial charge in [0.1, 0.15) is 24.0 Å². The Morgan fingerprint density at radius 1 is 1.12 bits per heavy atom. The summed E-state index contributed by atoms with van der Waals surface area (Å²) in [5.41, 5.74) is 2.13. The maximum Gasteiger partial charge on any atom is 0.329 e. The molecule has 0 aliphatic carbocycles. The van der Waals surface area contributed by atoms with Gasteiger partial charge in [-0.25, -0.2) is 14.2 Å². The fraction of sp³-hybridized carbons (Fsp3) is 0.375. The quantitative estimate of drug-likeness (QED) is 0.481. The lowest BCUT2D eigenvalue weighted by molar-refractivity contribution is 0.189. The van der Waals surface area contributed by atoms with Crippen LogP contribution in [0, 0.1) is 5.82 Å². The number of hydrogen-bond acceptors (Lipinski definition) is 5. The molecule has 0 amide bonds. The number of halogens is 1. The molecule has 0 radical (unpaired) electrons. The lowest BCUT2D eigenvalue weighted by atomic mass is 10.0. The van der Waals surface area contributed by atoms with E-state index in [1.807, 2.05) is 26.0 Å². The zero-order valence-corrected chi connectivity index (χ0v) is 18.4. The fourth-order valence-electron chi connectivity index (χ4n) is 5.04. The predicted octanol–water partition coefficient (Wildman–Crippen LogP) is 3.82. The van der Waals surface area contributed by atoms with Crippen LogP contribution in [-0.4, -0.2) is 38.8 Å². The van der Waals surface area contributed by atoms with Gasteiger partial charge in [0.05, 0.1) is 39.2 Å². The van der Waals surface area contributed by atoms with E-state index in [2.05, 4.69) is 14.9 Å². The molecule has 0 saturated carbocycles. The van der Waals surface area contributed by atoms with Gasteiger partial charge in [-0.15, -0.1) is 0 Å². The van der Waals surface area contributed by atoms with E-state index < -0.39 is 11.4 Å². The Bertz CT molecular complexity index is 1450. The van der Waals surface area contributed by atoms with Gasteiger partial charge in [0, 0.05) is 38.0 Å². The summed E-state index contributed by atoms with van der Waals surface area (Å²) in [5, 5.41) is 0.658. The maximum atomic E-state index is 15.5. The summed E-state index contributed by atoms with van der Waals surface area (Å²) in [6.07, 6.45) is 5.67.